The Morgan fingerprint density at radius 3 is 2.63 bits per heavy atom. The normalized spacial score (nSPS) is 23.2. The summed E-state index contributed by atoms with van der Waals surface area (Å²) in [4.78, 5) is 37.6. The second kappa shape index (κ2) is 7.81. The molecule has 0 bridgehead atoms. The number of sulfone groups is 1. The number of hydrogen-bond acceptors (Lipinski definition) is 6. The van der Waals surface area contributed by atoms with Crippen LogP contribution in [0.15, 0.2) is 29.2 Å². The third-order valence-corrected chi connectivity index (χ3v) is 6.88. The van der Waals surface area contributed by atoms with Gasteiger partial charge in [-0.2, -0.15) is 0 Å². The molecule has 2 aliphatic rings. The summed E-state index contributed by atoms with van der Waals surface area (Å²) in [5, 5.41) is 2.14. The molecular formula is C17H17FN2O5S2. The number of hydrogen-bond donors (Lipinski definition) is 1. The molecule has 0 saturated carbocycles. The Morgan fingerprint density at radius 2 is 2.00 bits per heavy atom. The summed E-state index contributed by atoms with van der Waals surface area (Å²) in [6.07, 6.45) is 1.77. The van der Waals surface area contributed by atoms with Gasteiger partial charge in [-0.05, 0) is 42.0 Å². The van der Waals surface area contributed by atoms with Crippen LogP contribution < -0.4 is 5.32 Å². The maximum absolute atomic E-state index is 12.9. The van der Waals surface area contributed by atoms with Gasteiger partial charge in [-0.25, -0.2) is 12.8 Å². The summed E-state index contributed by atoms with van der Waals surface area (Å²) in [7, 11) is -3.10. The number of halogens is 1. The Bertz CT molecular complexity index is 912. The Balaban J connectivity index is 1.56. The van der Waals surface area contributed by atoms with Crippen LogP contribution in [0.1, 0.15) is 18.4 Å². The van der Waals surface area contributed by atoms with E-state index in [1.54, 1.807) is 0 Å². The largest absolute Gasteiger partial charge is 0.352 e. The number of nitrogens with one attached hydrogen (secondary N) is 1. The second-order valence-electron chi connectivity index (χ2n) is 6.30. The van der Waals surface area contributed by atoms with Gasteiger partial charge in [0.05, 0.1) is 16.4 Å². The molecule has 3 amide bonds. The molecule has 1 atom stereocenters. The second-order valence-corrected chi connectivity index (χ2v) is 9.52. The van der Waals surface area contributed by atoms with Gasteiger partial charge in [0, 0.05) is 19.0 Å². The van der Waals surface area contributed by atoms with Crippen LogP contribution in [0.2, 0.25) is 0 Å². The number of carbonyl (C=O) groups excluding carboxylic acids is 3. The van der Waals surface area contributed by atoms with Crippen LogP contribution >= 0.6 is 11.8 Å². The van der Waals surface area contributed by atoms with Gasteiger partial charge in [0.2, 0.25) is 5.91 Å². The summed E-state index contributed by atoms with van der Waals surface area (Å²) < 4.78 is 35.7. The van der Waals surface area contributed by atoms with Crippen molar-refractivity contribution < 1.29 is 27.2 Å². The topological polar surface area (TPSA) is 101 Å². The third kappa shape index (κ3) is 4.95. The Morgan fingerprint density at radius 1 is 1.30 bits per heavy atom. The highest BCUT2D eigenvalue weighted by Gasteiger charge is 2.35. The SMILES string of the molecule is O=C(CCN1C(=O)S/C(=C\c2ccc(F)cc2)C1=O)N[C@@H]1CCS(=O)(=O)C1. The Labute approximate surface area is 159 Å². The van der Waals surface area contributed by atoms with Crippen molar-refractivity contribution in [3.05, 3.63) is 40.6 Å². The number of benzene rings is 1. The number of nitrogens with zero attached hydrogens (tertiary/aromatic N) is 1. The smallest absolute Gasteiger partial charge is 0.293 e. The molecule has 1 aromatic carbocycles. The summed E-state index contributed by atoms with van der Waals surface area (Å²) in [6.45, 7) is -0.0866. The molecule has 27 heavy (non-hydrogen) atoms. The van der Waals surface area contributed by atoms with Gasteiger partial charge in [0.25, 0.3) is 11.1 Å². The number of rotatable bonds is 5. The highest BCUT2D eigenvalue weighted by atomic mass is 32.2. The molecule has 7 nitrogen and oxygen atoms in total. The lowest BCUT2D eigenvalue weighted by Crippen LogP contribution is -2.38. The van der Waals surface area contributed by atoms with Crippen molar-refractivity contribution in [3.63, 3.8) is 0 Å². The van der Waals surface area contributed by atoms with Crippen molar-refractivity contribution in [2.24, 2.45) is 0 Å². The van der Waals surface area contributed by atoms with E-state index >= 15 is 0 Å². The minimum atomic E-state index is -3.10. The van der Waals surface area contributed by atoms with E-state index in [0.717, 1.165) is 16.7 Å². The standard InChI is InChI=1S/C17H17FN2O5S2/c18-12-3-1-11(2-4-12)9-14-16(22)20(17(23)26-14)7-5-15(21)19-13-6-8-27(24,25)10-13/h1-4,9,13H,5-8,10H2,(H,19,21)/b14-9-/t13-/m1/s1. The molecule has 10 heteroatoms. The van der Waals surface area contributed by atoms with Gasteiger partial charge in [-0.3, -0.25) is 19.3 Å². The molecule has 0 aliphatic carbocycles. The van der Waals surface area contributed by atoms with Crippen LogP contribution in [-0.2, 0) is 19.4 Å². The summed E-state index contributed by atoms with van der Waals surface area (Å²) >= 11 is 0.759. The first-order valence-corrected chi connectivity index (χ1v) is 10.9. The zero-order chi connectivity index (χ0) is 19.6. The van der Waals surface area contributed by atoms with E-state index in [-0.39, 0.29) is 29.4 Å². The van der Waals surface area contributed by atoms with Crippen molar-refractivity contribution >= 4 is 44.7 Å². The first-order valence-electron chi connectivity index (χ1n) is 8.24. The summed E-state index contributed by atoms with van der Waals surface area (Å²) in [5.41, 5.74) is 0.585. The van der Waals surface area contributed by atoms with E-state index in [2.05, 4.69) is 5.32 Å². The lowest BCUT2D eigenvalue weighted by molar-refractivity contribution is -0.124. The maximum atomic E-state index is 12.9. The van der Waals surface area contributed by atoms with E-state index in [1.807, 2.05) is 0 Å². The van der Waals surface area contributed by atoms with Gasteiger partial charge in [-0.15, -0.1) is 0 Å². The Hall–Kier alpha value is -2.20. The monoisotopic (exact) mass is 412 g/mol. The molecule has 1 N–H and O–H groups in total. The predicted molar refractivity (Wildman–Crippen MR) is 98.9 cm³/mol. The number of carbonyl (C=O) groups is 3. The van der Waals surface area contributed by atoms with Crippen LogP contribution in [0, 0.1) is 5.82 Å². The highest BCUT2D eigenvalue weighted by Crippen LogP contribution is 2.32. The van der Waals surface area contributed by atoms with Crippen molar-refractivity contribution in [3.8, 4) is 0 Å². The quantitative estimate of drug-likeness (QED) is 0.737. The maximum Gasteiger partial charge on any atom is 0.293 e. The summed E-state index contributed by atoms with van der Waals surface area (Å²) in [6, 6.07) is 5.07. The molecule has 0 spiro atoms. The van der Waals surface area contributed by atoms with Crippen LogP contribution in [-0.4, -0.2) is 54.5 Å². The van der Waals surface area contributed by atoms with Crippen molar-refractivity contribution in [2.75, 3.05) is 18.1 Å². The van der Waals surface area contributed by atoms with Crippen LogP contribution in [0.4, 0.5) is 9.18 Å². The lowest BCUT2D eigenvalue weighted by Gasteiger charge is -2.14. The van der Waals surface area contributed by atoms with Gasteiger partial charge >= 0.3 is 0 Å². The van der Waals surface area contributed by atoms with Gasteiger partial charge < -0.3 is 5.32 Å². The molecule has 2 aliphatic heterocycles. The minimum Gasteiger partial charge on any atom is -0.352 e. The van der Waals surface area contributed by atoms with Gasteiger partial charge in [0.15, 0.2) is 9.84 Å². The fourth-order valence-corrected chi connectivity index (χ4v) is 5.36. The minimum absolute atomic E-state index is 0.0508. The van der Waals surface area contributed by atoms with Crippen LogP contribution in [0.25, 0.3) is 6.08 Å². The van der Waals surface area contributed by atoms with Gasteiger partial charge in [-0.1, -0.05) is 12.1 Å². The predicted octanol–water partition coefficient (Wildman–Crippen LogP) is 1.56. The molecule has 0 radical (unpaired) electrons. The summed E-state index contributed by atoms with van der Waals surface area (Å²) in [5.74, 6) is -1.35. The van der Waals surface area contributed by atoms with E-state index in [0.29, 0.717) is 12.0 Å². The molecule has 3 rings (SSSR count). The highest BCUT2D eigenvalue weighted by molar-refractivity contribution is 8.18. The zero-order valence-corrected chi connectivity index (χ0v) is 15.8. The average molecular weight is 412 g/mol. The van der Waals surface area contributed by atoms with E-state index in [9.17, 15) is 27.2 Å². The molecule has 2 heterocycles. The molecule has 144 valence electrons. The first kappa shape index (κ1) is 19.6. The molecule has 1 aromatic rings. The molecule has 2 saturated heterocycles. The fraction of sp³-hybridized carbons (Fsp3) is 0.353. The molecular weight excluding hydrogens is 395 g/mol. The zero-order valence-electron chi connectivity index (χ0n) is 14.2. The van der Waals surface area contributed by atoms with Crippen molar-refractivity contribution in [1.29, 1.82) is 0 Å². The van der Waals surface area contributed by atoms with Crippen molar-refractivity contribution in [2.45, 2.75) is 18.9 Å². The molecule has 2 fully saturated rings. The van der Waals surface area contributed by atoms with E-state index in [1.165, 1.54) is 30.3 Å². The van der Waals surface area contributed by atoms with Crippen LogP contribution in [0.3, 0.4) is 0 Å². The average Bonchev–Trinajstić information content (AvgIpc) is 3.07. The van der Waals surface area contributed by atoms with E-state index < -0.39 is 38.7 Å². The molecule has 0 aromatic heterocycles. The van der Waals surface area contributed by atoms with Gasteiger partial charge in [0.1, 0.15) is 5.82 Å². The van der Waals surface area contributed by atoms with Crippen molar-refractivity contribution in [1.82, 2.24) is 10.2 Å². The van der Waals surface area contributed by atoms with E-state index in [4.69, 9.17) is 0 Å². The Kier molecular flexibility index (Phi) is 5.66. The molecule has 0 unspecified atom stereocenters. The van der Waals surface area contributed by atoms with Crippen LogP contribution in [0.5, 0.6) is 0 Å². The number of amides is 3. The lowest BCUT2D eigenvalue weighted by atomic mass is 10.2. The third-order valence-electron chi connectivity index (χ3n) is 4.20. The number of thioether (sulfide) groups is 1. The number of imide groups is 1. The fourth-order valence-electron chi connectivity index (χ4n) is 2.83. The first-order chi connectivity index (χ1) is 12.7.